The van der Waals surface area contributed by atoms with Gasteiger partial charge in [-0.2, -0.15) is 10.2 Å². The van der Waals surface area contributed by atoms with Crippen molar-refractivity contribution in [3.8, 4) is 5.75 Å². The van der Waals surface area contributed by atoms with Gasteiger partial charge in [0.25, 0.3) is 18.8 Å². The number of methoxy groups -OCH3 is 1. The molecular formula is C24H22ClF4N5O3. The maximum atomic E-state index is 13.4. The van der Waals surface area contributed by atoms with E-state index in [-0.39, 0.29) is 11.5 Å². The Bertz CT molecular complexity index is 1430. The average Bonchev–Trinajstić information content (AvgIpc) is 3.52. The molecule has 196 valence electrons. The Kier molecular flexibility index (Phi) is 7.58. The van der Waals surface area contributed by atoms with E-state index >= 15 is 0 Å². The van der Waals surface area contributed by atoms with Crippen LogP contribution in [-0.4, -0.2) is 32.6 Å². The molecule has 0 aliphatic rings. The molecule has 0 fully saturated rings. The second kappa shape index (κ2) is 10.7. The highest BCUT2D eigenvalue weighted by atomic mass is 35.5. The van der Waals surface area contributed by atoms with Crippen LogP contribution in [0.3, 0.4) is 0 Å². The molecule has 3 aromatic heterocycles. The number of carbonyl (C=O) groups is 1. The highest BCUT2D eigenvalue weighted by Gasteiger charge is 2.28. The third-order valence-corrected chi connectivity index (χ3v) is 6.03. The third kappa shape index (κ3) is 5.48. The number of amides is 1. The molecule has 1 amide bonds. The first kappa shape index (κ1) is 26.3. The van der Waals surface area contributed by atoms with E-state index in [1.807, 2.05) is 24.3 Å². The minimum absolute atomic E-state index is 0.0502. The summed E-state index contributed by atoms with van der Waals surface area (Å²) in [5.74, 6) is 0.0540. The Hall–Kier alpha value is -3.80. The Morgan fingerprint density at radius 2 is 1.84 bits per heavy atom. The highest BCUT2D eigenvalue weighted by Crippen LogP contribution is 2.35. The Labute approximate surface area is 213 Å². The van der Waals surface area contributed by atoms with Gasteiger partial charge in [-0.3, -0.25) is 14.2 Å². The number of halogens is 5. The summed E-state index contributed by atoms with van der Waals surface area (Å²) in [6.45, 7) is 3.57. The second-order valence-corrected chi connectivity index (χ2v) is 8.50. The summed E-state index contributed by atoms with van der Waals surface area (Å²) < 4.78 is 66.0. The van der Waals surface area contributed by atoms with Crippen molar-refractivity contribution in [1.29, 1.82) is 0 Å². The quantitative estimate of drug-likeness (QED) is 0.257. The first-order valence-corrected chi connectivity index (χ1v) is 11.4. The van der Waals surface area contributed by atoms with Crippen molar-refractivity contribution in [2.75, 3.05) is 12.4 Å². The number of hydrogen-bond donors (Lipinski definition) is 1. The standard InChI is InChI=1S/C24H22ClF4N5O3/c1-12-19(13(2)33(31-12)10-14-5-4-6-15(9-14)36-3)30-24(35)17-8-7-16(37-17)11-34-21(23(28)29)18(25)20(32-34)22(26)27/h4-9,22-23H,10-11H2,1-3H3,(H,30,35). The first-order valence-electron chi connectivity index (χ1n) is 11.0. The molecule has 37 heavy (non-hydrogen) atoms. The fraction of sp³-hybridized carbons (Fsp3) is 0.292. The number of alkyl halides is 4. The lowest BCUT2D eigenvalue weighted by Gasteiger charge is -2.08. The number of furan rings is 1. The topological polar surface area (TPSA) is 87.1 Å². The highest BCUT2D eigenvalue weighted by molar-refractivity contribution is 6.32. The molecule has 13 heteroatoms. The molecule has 0 aliphatic heterocycles. The maximum absolute atomic E-state index is 13.4. The first-order chi connectivity index (χ1) is 17.6. The molecule has 0 unspecified atom stereocenters. The molecule has 0 saturated heterocycles. The van der Waals surface area contributed by atoms with Crippen molar-refractivity contribution >= 4 is 23.2 Å². The van der Waals surface area contributed by atoms with Crippen molar-refractivity contribution < 1.29 is 31.5 Å². The molecule has 0 aliphatic carbocycles. The molecular weight excluding hydrogens is 518 g/mol. The number of nitrogens with zero attached hydrogens (tertiary/aromatic N) is 4. The van der Waals surface area contributed by atoms with Crippen LogP contribution in [0.25, 0.3) is 0 Å². The van der Waals surface area contributed by atoms with E-state index in [0.29, 0.717) is 34.1 Å². The van der Waals surface area contributed by atoms with E-state index < -0.39 is 41.7 Å². The number of rotatable bonds is 9. The van der Waals surface area contributed by atoms with Crippen molar-refractivity contribution in [1.82, 2.24) is 19.6 Å². The van der Waals surface area contributed by atoms with Gasteiger partial charge in [-0.25, -0.2) is 17.6 Å². The third-order valence-electron chi connectivity index (χ3n) is 5.65. The summed E-state index contributed by atoms with van der Waals surface area (Å²) in [5.41, 5.74) is 0.926. The van der Waals surface area contributed by atoms with Gasteiger partial charge in [0.15, 0.2) is 5.76 Å². The van der Waals surface area contributed by atoms with E-state index in [1.54, 1.807) is 25.6 Å². The van der Waals surface area contributed by atoms with Gasteiger partial charge >= 0.3 is 0 Å². The predicted octanol–water partition coefficient (Wildman–Crippen LogP) is 6.18. The van der Waals surface area contributed by atoms with Gasteiger partial charge < -0.3 is 14.5 Å². The summed E-state index contributed by atoms with van der Waals surface area (Å²) >= 11 is 5.68. The molecule has 4 rings (SSSR count). The van der Waals surface area contributed by atoms with E-state index in [4.69, 9.17) is 20.8 Å². The average molecular weight is 540 g/mol. The lowest BCUT2D eigenvalue weighted by Crippen LogP contribution is -2.13. The van der Waals surface area contributed by atoms with Gasteiger partial charge in [0.2, 0.25) is 0 Å². The van der Waals surface area contributed by atoms with Crippen molar-refractivity contribution in [2.45, 2.75) is 39.8 Å². The normalized spacial score (nSPS) is 11.5. The molecule has 1 N–H and O–H groups in total. The monoisotopic (exact) mass is 539 g/mol. The molecule has 0 radical (unpaired) electrons. The van der Waals surface area contributed by atoms with Crippen LogP contribution < -0.4 is 10.1 Å². The van der Waals surface area contributed by atoms with Crippen molar-refractivity contribution in [3.05, 3.63) is 81.3 Å². The molecule has 0 spiro atoms. The van der Waals surface area contributed by atoms with Gasteiger partial charge in [-0.05, 0) is 43.7 Å². The van der Waals surface area contributed by atoms with Crippen LogP contribution >= 0.6 is 11.6 Å². The van der Waals surface area contributed by atoms with Gasteiger partial charge in [0.1, 0.15) is 22.9 Å². The number of anilines is 1. The maximum Gasteiger partial charge on any atom is 0.291 e. The zero-order valence-electron chi connectivity index (χ0n) is 19.9. The molecule has 0 atom stereocenters. The number of ether oxygens (including phenoxy) is 1. The van der Waals surface area contributed by atoms with E-state index in [0.717, 1.165) is 5.56 Å². The number of carbonyl (C=O) groups excluding carboxylic acids is 1. The van der Waals surface area contributed by atoms with Crippen molar-refractivity contribution in [3.63, 3.8) is 0 Å². The Morgan fingerprint density at radius 3 is 2.51 bits per heavy atom. The van der Waals surface area contributed by atoms with E-state index in [1.165, 1.54) is 12.1 Å². The summed E-state index contributed by atoms with van der Waals surface area (Å²) in [6.07, 6.45) is -6.26. The van der Waals surface area contributed by atoms with Crippen LogP contribution in [0.4, 0.5) is 23.2 Å². The molecule has 8 nitrogen and oxygen atoms in total. The lowest BCUT2D eigenvalue weighted by atomic mass is 10.2. The minimum atomic E-state index is -3.13. The summed E-state index contributed by atoms with van der Waals surface area (Å²) in [7, 11) is 1.58. The summed E-state index contributed by atoms with van der Waals surface area (Å²) in [5, 5.41) is 9.94. The van der Waals surface area contributed by atoms with Crippen LogP contribution in [0.2, 0.25) is 5.02 Å². The van der Waals surface area contributed by atoms with Crippen LogP contribution in [-0.2, 0) is 13.1 Å². The molecule has 0 saturated carbocycles. The zero-order valence-corrected chi connectivity index (χ0v) is 20.7. The van der Waals surface area contributed by atoms with Crippen LogP contribution in [0, 0.1) is 13.8 Å². The van der Waals surface area contributed by atoms with Crippen LogP contribution in [0.15, 0.2) is 40.8 Å². The van der Waals surface area contributed by atoms with Gasteiger partial charge in [0.05, 0.1) is 42.3 Å². The van der Waals surface area contributed by atoms with Gasteiger partial charge in [-0.15, -0.1) is 0 Å². The van der Waals surface area contributed by atoms with Gasteiger partial charge in [-0.1, -0.05) is 23.7 Å². The minimum Gasteiger partial charge on any atom is -0.497 e. The summed E-state index contributed by atoms with van der Waals surface area (Å²) in [4.78, 5) is 12.8. The number of hydrogen-bond acceptors (Lipinski definition) is 5. The fourth-order valence-electron chi connectivity index (χ4n) is 3.82. The number of aryl methyl sites for hydroxylation is 1. The molecule has 3 heterocycles. The molecule has 0 bridgehead atoms. The largest absolute Gasteiger partial charge is 0.497 e. The zero-order chi connectivity index (χ0) is 26.9. The summed E-state index contributed by atoms with van der Waals surface area (Å²) in [6, 6.07) is 10.2. The Morgan fingerprint density at radius 1 is 1.08 bits per heavy atom. The number of aromatic nitrogens is 4. The van der Waals surface area contributed by atoms with Crippen LogP contribution in [0.5, 0.6) is 5.75 Å². The number of nitrogens with one attached hydrogen (secondary N) is 1. The van der Waals surface area contributed by atoms with Gasteiger partial charge in [0, 0.05) is 0 Å². The lowest BCUT2D eigenvalue weighted by molar-refractivity contribution is 0.0993. The van der Waals surface area contributed by atoms with Crippen molar-refractivity contribution in [2.24, 2.45) is 0 Å². The van der Waals surface area contributed by atoms with E-state index in [9.17, 15) is 22.4 Å². The smallest absolute Gasteiger partial charge is 0.291 e. The SMILES string of the molecule is COc1cccc(Cn2nc(C)c(NC(=O)c3ccc(Cn4nc(C(F)F)c(Cl)c4C(F)F)o3)c2C)c1. The second-order valence-electron chi connectivity index (χ2n) is 8.12. The molecule has 4 aromatic rings. The molecule has 1 aromatic carbocycles. The van der Waals surface area contributed by atoms with Crippen LogP contribution in [0.1, 0.15) is 57.5 Å². The van der Waals surface area contributed by atoms with E-state index in [2.05, 4.69) is 15.5 Å². The number of benzene rings is 1. The predicted molar refractivity (Wildman–Crippen MR) is 127 cm³/mol. The fourth-order valence-corrected chi connectivity index (χ4v) is 4.12. The Balaban J connectivity index is 1.50.